The number of benzene rings is 1. The SMILES string of the molecule is O=C(Cl)N1CCN(/N=C/C=C/c2ccccc2)C1=O. The maximum absolute atomic E-state index is 11.6. The summed E-state index contributed by atoms with van der Waals surface area (Å²) < 4.78 is 0. The molecule has 0 atom stereocenters. The van der Waals surface area contributed by atoms with Crippen molar-refractivity contribution >= 4 is 35.3 Å². The van der Waals surface area contributed by atoms with Crippen molar-refractivity contribution in [3.63, 3.8) is 0 Å². The summed E-state index contributed by atoms with van der Waals surface area (Å²) in [5, 5.41) is 4.40. The second kappa shape index (κ2) is 6.15. The maximum Gasteiger partial charge on any atom is 0.348 e. The highest BCUT2D eigenvalue weighted by Gasteiger charge is 2.31. The zero-order chi connectivity index (χ0) is 13.7. The molecule has 0 saturated carbocycles. The van der Waals surface area contributed by atoms with E-state index >= 15 is 0 Å². The van der Waals surface area contributed by atoms with Crippen LogP contribution in [0.2, 0.25) is 0 Å². The van der Waals surface area contributed by atoms with Gasteiger partial charge in [0.15, 0.2) is 0 Å². The number of hydrazone groups is 1. The molecule has 0 aliphatic carbocycles. The zero-order valence-corrected chi connectivity index (χ0v) is 10.8. The van der Waals surface area contributed by atoms with Crippen molar-refractivity contribution in [2.24, 2.45) is 5.10 Å². The van der Waals surface area contributed by atoms with Crippen LogP contribution < -0.4 is 0 Å². The van der Waals surface area contributed by atoms with E-state index < -0.39 is 11.4 Å². The first-order valence-electron chi connectivity index (χ1n) is 5.72. The summed E-state index contributed by atoms with van der Waals surface area (Å²) in [6.45, 7) is 0.619. The fourth-order valence-electron chi connectivity index (χ4n) is 1.63. The molecule has 0 radical (unpaired) electrons. The molecule has 98 valence electrons. The van der Waals surface area contributed by atoms with Crippen LogP contribution in [0, 0.1) is 0 Å². The quantitative estimate of drug-likeness (QED) is 0.485. The third kappa shape index (κ3) is 3.42. The molecular formula is C13H12ClN3O2. The van der Waals surface area contributed by atoms with E-state index in [9.17, 15) is 9.59 Å². The van der Waals surface area contributed by atoms with Crippen LogP contribution in [0.1, 0.15) is 5.56 Å². The maximum atomic E-state index is 11.6. The fraction of sp³-hybridized carbons (Fsp3) is 0.154. The monoisotopic (exact) mass is 277 g/mol. The molecule has 6 heteroatoms. The summed E-state index contributed by atoms with van der Waals surface area (Å²) in [6, 6.07) is 9.23. The van der Waals surface area contributed by atoms with Gasteiger partial charge in [0.1, 0.15) is 0 Å². The van der Waals surface area contributed by atoms with E-state index in [0.29, 0.717) is 6.54 Å². The number of amides is 3. The lowest BCUT2D eigenvalue weighted by atomic mass is 10.2. The van der Waals surface area contributed by atoms with Crippen LogP contribution in [-0.2, 0) is 0 Å². The Labute approximate surface area is 115 Å². The van der Waals surface area contributed by atoms with E-state index in [4.69, 9.17) is 11.6 Å². The average molecular weight is 278 g/mol. The van der Waals surface area contributed by atoms with Crippen LogP contribution >= 0.6 is 11.6 Å². The molecule has 1 aliphatic heterocycles. The predicted molar refractivity (Wildman–Crippen MR) is 74.0 cm³/mol. The Morgan fingerprint density at radius 3 is 2.63 bits per heavy atom. The molecule has 0 aromatic heterocycles. The van der Waals surface area contributed by atoms with E-state index in [2.05, 4.69) is 5.10 Å². The van der Waals surface area contributed by atoms with Crippen molar-refractivity contribution < 1.29 is 9.59 Å². The van der Waals surface area contributed by atoms with Gasteiger partial charge < -0.3 is 0 Å². The Balaban J connectivity index is 1.92. The van der Waals surface area contributed by atoms with E-state index in [-0.39, 0.29) is 6.54 Å². The third-order valence-electron chi connectivity index (χ3n) is 2.58. The van der Waals surface area contributed by atoms with Gasteiger partial charge in [-0.25, -0.2) is 14.7 Å². The minimum Gasteiger partial charge on any atom is -0.255 e. The number of urea groups is 1. The Morgan fingerprint density at radius 1 is 1.26 bits per heavy atom. The van der Waals surface area contributed by atoms with Crippen LogP contribution in [0.5, 0.6) is 0 Å². The van der Waals surface area contributed by atoms with E-state index in [1.54, 1.807) is 6.08 Å². The molecule has 3 amide bonds. The molecule has 0 bridgehead atoms. The second-order valence-electron chi connectivity index (χ2n) is 3.84. The van der Waals surface area contributed by atoms with Crippen LogP contribution in [-0.4, -0.2) is 40.6 Å². The van der Waals surface area contributed by atoms with E-state index in [1.165, 1.54) is 11.2 Å². The predicted octanol–water partition coefficient (Wildman–Crippen LogP) is 2.78. The van der Waals surface area contributed by atoms with Gasteiger partial charge in [0.2, 0.25) is 0 Å². The molecule has 0 N–H and O–H groups in total. The third-order valence-corrected chi connectivity index (χ3v) is 2.78. The van der Waals surface area contributed by atoms with Crippen molar-refractivity contribution in [3.05, 3.63) is 42.0 Å². The summed E-state index contributed by atoms with van der Waals surface area (Å²) in [7, 11) is 0. The van der Waals surface area contributed by atoms with Gasteiger partial charge in [0.05, 0.1) is 13.1 Å². The van der Waals surface area contributed by atoms with Gasteiger partial charge in [0.25, 0.3) is 0 Å². The van der Waals surface area contributed by atoms with Gasteiger partial charge in [-0.05, 0) is 23.2 Å². The number of carbonyl (C=O) groups excluding carboxylic acids is 2. The smallest absolute Gasteiger partial charge is 0.255 e. The topological polar surface area (TPSA) is 53.0 Å². The number of carbonyl (C=O) groups is 2. The van der Waals surface area contributed by atoms with Gasteiger partial charge in [0, 0.05) is 6.21 Å². The first-order valence-corrected chi connectivity index (χ1v) is 6.10. The molecule has 1 aromatic rings. The largest absolute Gasteiger partial charge is 0.348 e. The first-order chi connectivity index (χ1) is 9.18. The number of rotatable bonds is 3. The van der Waals surface area contributed by atoms with Gasteiger partial charge >= 0.3 is 11.4 Å². The average Bonchev–Trinajstić information content (AvgIpc) is 2.77. The molecule has 0 spiro atoms. The van der Waals surface area contributed by atoms with Crippen molar-refractivity contribution in [1.29, 1.82) is 0 Å². The standard InChI is InChI=1S/C13H12ClN3O2/c14-12(18)16-9-10-17(13(16)19)15-8-4-7-11-5-2-1-3-6-11/h1-8H,9-10H2/b7-4+,15-8+. The lowest BCUT2D eigenvalue weighted by Gasteiger charge is -2.09. The number of imide groups is 1. The van der Waals surface area contributed by atoms with Crippen molar-refractivity contribution in [3.8, 4) is 0 Å². The van der Waals surface area contributed by atoms with E-state index in [1.807, 2.05) is 36.4 Å². The Morgan fingerprint density at radius 2 is 2.00 bits per heavy atom. The summed E-state index contributed by atoms with van der Waals surface area (Å²) in [4.78, 5) is 23.5. The fourth-order valence-corrected chi connectivity index (χ4v) is 1.79. The summed E-state index contributed by atoms with van der Waals surface area (Å²) in [5.41, 5.74) is 1.04. The highest BCUT2D eigenvalue weighted by Crippen LogP contribution is 2.11. The molecule has 1 heterocycles. The van der Waals surface area contributed by atoms with Gasteiger partial charge in [-0.1, -0.05) is 36.4 Å². The molecule has 1 saturated heterocycles. The Bertz CT molecular complexity index is 528. The zero-order valence-electron chi connectivity index (χ0n) is 10.1. The molecule has 2 rings (SSSR count). The van der Waals surface area contributed by atoms with Crippen molar-refractivity contribution in [2.45, 2.75) is 0 Å². The summed E-state index contributed by atoms with van der Waals surface area (Å²) in [6.07, 6.45) is 5.11. The minimum atomic E-state index is -0.775. The van der Waals surface area contributed by atoms with Crippen LogP contribution in [0.3, 0.4) is 0 Å². The Kier molecular flexibility index (Phi) is 4.30. The lowest BCUT2D eigenvalue weighted by Crippen LogP contribution is -2.30. The Hall–Kier alpha value is -2.14. The van der Waals surface area contributed by atoms with Gasteiger partial charge in [-0.3, -0.25) is 4.79 Å². The number of hydrogen-bond acceptors (Lipinski definition) is 3. The normalized spacial score (nSPS) is 15.9. The molecule has 19 heavy (non-hydrogen) atoms. The lowest BCUT2D eigenvalue weighted by molar-refractivity contribution is 0.195. The number of nitrogens with zero attached hydrogens (tertiary/aromatic N) is 3. The van der Waals surface area contributed by atoms with Gasteiger partial charge in [-0.15, -0.1) is 0 Å². The molecular weight excluding hydrogens is 266 g/mol. The van der Waals surface area contributed by atoms with Crippen LogP contribution in [0.15, 0.2) is 41.5 Å². The number of halogens is 1. The van der Waals surface area contributed by atoms with Crippen molar-refractivity contribution in [1.82, 2.24) is 9.91 Å². The van der Waals surface area contributed by atoms with Gasteiger partial charge in [-0.2, -0.15) is 5.10 Å². The summed E-state index contributed by atoms with van der Waals surface area (Å²) >= 11 is 5.26. The second-order valence-corrected chi connectivity index (χ2v) is 4.17. The number of allylic oxidation sites excluding steroid dienone is 1. The minimum absolute atomic E-state index is 0.265. The molecule has 1 fully saturated rings. The molecule has 1 aliphatic rings. The molecule has 1 aromatic carbocycles. The first kappa shape index (κ1) is 13.3. The van der Waals surface area contributed by atoms with E-state index in [0.717, 1.165) is 10.5 Å². The molecule has 0 unspecified atom stereocenters. The molecule has 5 nitrogen and oxygen atoms in total. The summed E-state index contributed by atoms with van der Waals surface area (Å²) in [5.74, 6) is 0. The highest BCUT2D eigenvalue weighted by molar-refractivity contribution is 6.64. The van der Waals surface area contributed by atoms with Crippen molar-refractivity contribution in [2.75, 3.05) is 13.1 Å². The number of hydrogen-bond donors (Lipinski definition) is 0. The van der Waals surface area contributed by atoms with Crippen LogP contribution in [0.4, 0.5) is 9.59 Å². The highest BCUT2D eigenvalue weighted by atomic mass is 35.5. The van der Waals surface area contributed by atoms with Crippen LogP contribution in [0.25, 0.3) is 6.08 Å².